The first kappa shape index (κ1) is 21.2. The molecule has 1 saturated heterocycles. The van der Waals surface area contributed by atoms with Gasteiger partial charge in [-0.05, 0) is 42.0 Å². The zero-order chi connectivity index (χ0) is 22.8. The quantitative estimate of drug-likeness (QED) is 0.445. The van der Waals surface area contributed by atoms with Crippen molar-refractivity contribution in [2.45, 2.75) is 6.54 Å². The zero-order valence-electron chi connectivity index (χ0n) is 17.9. The van der Waals surface area contributed by atoms with Crippen molar-refractivity contribution in [3.8, 4) is 0 Å². The van der Waals surface area contributed by atoms with Gasteiger partial charge < -0.3 is 15.3 Å². The minimum Gasteiger partial charge on any atom is -0.464 e. The number of carbonyl (C=O) groups is 1. The number of aromatic nitrogens is 3. The summed E-state index contributed by atoms with van der Waals surface area (Å²) >= 11 is 6.35. The van der Waals surface area contributed by atoms with Crippen LogP contribution in [0.1, 0.15) is 5.56 Å². The predicted molar refractivity (Wildman–Crippen MR) is 130 cm³/mol. The Bertz CT molecular complexity index is 1300. The number of pyridine rings is 1. The van der Waals surface area contributed by atoms with E-state index in [9.17, 15) is 9.90 Å². The van der Waals surface area contributed by atoms with Gasteiger partial charge in [-0.15, -0.1) is 0 Å². The molecule has 0 bridgehead atoms. The Morgan fingerprint density at radius 3 is 2.58 bits per heavy atom. The lowest BCUT2D eigenvalue weighted by Gasteiger charge is -2.36. The Hall–Kier alpha value is -3.62. The highest BCUT2D eigenvalue weighted by Crippen LogP contribution is 2.27. The first-order chi connectivity index (χ1) is 16.1. The average Bonchev–Trinajstić information content (AvgIpc) is 3.18. The number of fused-ring (bicyclic) bond motifs is 1. The molecule has 4 aromatic rings. The standard InChI is InChI=1S/C24H23ClN6O2/c25-18-5-1-3-7-20(18)30-13-11-29(12-14-30)16-17-9-10-26-22(15-17)28-23-27-19-6-2-4-8-21(19)31(23)24(32)33/h1-10,15H,11-14,16H2,(H,32,33)(H,26,27,28). The van der Waals surface area contributed by atoms with Crippen molar-refractivity contribution >= 4 is 46.2 Å². The minimum absolute atomic E-state index is 0.224. The van der Waals surface area contributed by atoms with Crippen LogP contribution in [0.2, 0.25) is 5.02 Å². The summed E-state index contributed by atoms with van der Waals surface area (Å²) in [5, 5.41) is 13.5. The summed E-state index contributed by atoms with van der Waals surface area (Å²) in [4.78, 5) is 25.3. The van der Waals surface area contributed by atoms with Gasteiger partial charge in [0, 0.05) is 38.9 Å². The molecule has 8 nitrogen and oxygen atoms in total. The number of nitrogens with one attached hydrogen (secondary N) is 1. The fourth-order valence-corrected chi connectivity index (χ4v) is 4.43. The lowest BCUT2D eigenvalue weighted by atomic mass is 10.2. The Balaban J connectivity index is 1.27. The van der Waals surface area contributed by atoms with E-state index in [0.717, 1.165) is 53.6 Å². The smallest absolute Gasteiger partial charge is 0.418 e. The Morgan fingerprint density at radius 2 is 1.79 bits per heavy atom. The number of carboxylic acid groups (broad SMARTS) is 1. The summed E-state index contributed by atoms with van der Waals surface area (Å²) in [7, 11) is 0. The van der Waals surface area contributed by atoms with Crippen molar-refractivity contribution < 1.29 is 9.90 Å². The van der Waals surface area contributed by atoms with Crippen LogP contribution in [0.3, 0.4) is 0 Å². The lowest BCUT2D eigenvalue weighted by Crippen LogP contribution is -2.46. The number of rotatable bonds is 5. The van der Waals surface area contributed by atoms with E-state index in [2.05, 4.69) is 31.2 Å². The van der Waals surface area contributed by atoms with Gasteiger partial charge in [-0.25, -0.2) is 19.3 Å². The summed E-state index contributed by atoms with van der Waals surface area (Å²) in [6.07, 6.45) is 0.629. The topological polar surface area (TPSA) is 86.5 Å². The maximum absolute atomic E-state index is 11.8. The van der Waals surface area contributed by atoms with E-state index in [0.29, 0.717) is 16.9 Å². The van der Waals surface area contributed by atoms with Crippen LogP contribution in [0.5, 0.6) is 0 Å². The monoisotopic (exact) mass is 462 g/mol. The zero-order valence-corrected chi connectivity index (χ0v) is 18.6. The highest BCUT2D eigenvalue weighted by Gasteiger charge is 2.20. The number of halogens is 1. The second-order valence-electron chi connectivity index (χ2n) is 7.93. The molecule has 33 heavy (non-hydrogen) atoms. The van der Waals surface area contributed by atoms with E-state index in [1.54, 1.807) is 24.4 Å². The van der Waals surface area contributed by atoms with Crippen molar-refractivity contribution in [2.75, 3.05) is 36.4 Å². The second-order valence-corrected chi connectivity index (χ2v) is 8.34. The van der Waals surface area contributed by atoms with Gasteiger partial charge in [0.25, 0.3) is 0 Å². The van der Waals surface area contributed by atoms with Gasteiger partial charge in [-0.3, -0.25) is 4.90 Å². The number of nitrogens with zero attached hydrogens (tertiary/aromatic N) is 5. The molecule has 0 amide bonds. The average molecular weight is 463 g/mol. The Labute approximate surface area is 196 Å². The summed E-state index contributed by atoms with van der Waals surface area (Å²) in [6.45, 7) is 4.43. The molecule has 2 N–H and O–H groups in total. The molecule has 5 rings (SSSR count). The number of piperazine rings is 1. The molecule has 9 heteroatoms. The van der Waals surface area contributed by atoms with Crippen molar-refractivity contribution in [1.82, 2.24) is 19.4 Å². The molecule has 3 heterocycles. The molecule has 1 fully saturated rings. The number of hydrogen-bond donors (Lipinski definition) is 2. The van der Waals surface area contributed by atoms with Crippen LogP contribution in [0.15, 0.2) is 66.9 Å². The summed E-state index contributed by atoms with van der Waals surface area (Å²) < 4.78 is 1.14. The van der Waals surface area contributed by atoms with E-state index < -0.39 is 6.09 Å². The van der Waals surface area contributed by atoms with Crippen molar-refractivity contribution in [1.29, 1.82) is 0 Å². The number of para-hydroxylation sites is 3. The number of hydrogen-bond acceptors (Lipinski definition) is 6. The fourth-order valence-electron chi connectivity index (χ4n) is 4.17. The van der Waals surface area contributed by atoms with Gasteiger partial charge in [0.15, 0.2) is 0 Å². The first-order valence-corrected chi connectivity index (χ1v) is 11.1. The third kappa shape index (κ3) is 4.48. The molecule has 0 unspecified atom stereocenters. The van der Waals surface area contributed by atoms with Gasteiger partial charge in [0.2, 0.25) is 5.95 Å². The summed E-state index contributed by atoms with van der Waals surface area (Å²) in [6, 6.07) is 19.0. The van der Waals surface area contributed by atoms with E-state index in [-0.39, 0.29) is 5.95 Å². The van der Waals surface area contributed by atoms with Crippen LogP contribution in [0.25, 0.3) is 11.0 Å². The molecule has 1 aliphatic rings. The van der Waals surface area contributed by atoms with Crippen LogP contribution >= 0.6 is 11.6 Å². The van der Waals surface area contributed by atoms with Crippen molar-refractivity contribution in [2.24, 2.45) is 0 Å². The summed E-state index contributed by atoms with van der Waals surface area (Å²) in [5.41, 5.74) is 3.31. The van der Waals surface area contributed by atoms with Crippen LogP contribution < -0.4 is 10.2 Å². The molecule has 2 aromatic heterocycles. The third-order valence-corrected chi connectivity index (χ3v) is 6.11. The Kier molecular flexibility index (Phi) is 5.85. The number of benzene rings is 2. The molecular formula is C24H23ClN6O2. The molecular weight excluding hydrogens is 440 g/mol. The van der Waals surface area contributed by atoms with Gasteiger partial charge in [-0.2, -0.15) is 0 Å². The largest absolute Gasteiger partial charge is 0.464 e. The number of imidazole rings is 1. The lowest BCUT2D eigenvalue weighted by molar-refractivity contribution is 0.198. The highest BCUT2D eigenvalue weighted by atomic mass is 35.5. The molecule has 0 spiro atoms. The van der Waals surface area contributed by atoms with E-state index in [1.807, 2.05) is 36.4 Å². The van der Waals surface area contributed by atoms with Gasteiger partial charge in [-0.1, -0.05) is 35.9 Å². The number of anilines is 3. The van der Waals surface area contributed by atoms with Crippen LogP contribution in [0.4, 0.5) is 22.2 Å². The molecule has 168 valence electrons. The van der Waals surface area contributed by atoms with Crippen LogP contribution in [-0.4, -0.2) is 56.8 Å². The second kappa shape index (κ2) is 9.09. The van der Waals surface area contributed by atoms with Crippen molar-refractivity contribution in [3.05, 3.63) is 77.4 Å². The molecule has 2 aromatic carbocycles. The summed E-state index contributed by atoms with van der Waals surface area (Å²) in [5.74, 6) is 0.779. The predicted octanol–water partition coefficient (Wildman–Crippen LogP) is 4.68. The maximum Gasteiger partial charge on any atom is 0.418 e. The molecule has 0 radical (unpaired) electrons. The molecule has 0 aliphatic carbocycles. The van der Waals surface area contributed by atoms with Gasteiger partial charge in [0.05, 0.1) is 21.7 Å². The minimum atomic E-state index is -1.10. The van der Waals surface area contributed by atoms with Gasteiger partial charge >= 0.3 is 6.09 Å². The van der Waals surface area contributed by atoms with Crippen LogP contribution in [-0.2, 0) is 6.54 Å². The maximum atomic E-state index is 11.8. The molecule has 0 atom stereocenters. The fraction of sp³-hybridized carbons (Fsp3) is 0.208. The normalized spacial score (nSPS) is 14.5. The van der Waals surface area contributed by atoms with Crippen molar-refractivity contribution in [3.63, 3.8) is 0 Å². The third-order valence-electron chi connectivity index (χ3n) is 5.79. The highest BCUT2D eigenvalue weighted by molar-refractivity contribution is 6.33. The van der Waals surface area contributed by atoms with E-state index in [1.165, 1.54) is 0 Å². The Morgan fingerprint density at radius 1 is 1.03 bits per heavy atom. The SMILES string of the molecule is O=C(O)n1c(Nc2cc(CN3CCN(c4ccccc4Cl)CC3)ccn2)nc2ccccc21. The first-order valence-electron chi connectivity index (χ1n) is 10.7. The van der Waals surface area contributed by atoms with Gasteiger partial charge in [0.1, 0.15) is 5.82 Å². The van der Waals surface area contributed by atoms with E-state index in [4.69, 9.17) is 11.6 Å². The molecule has 1 aliphatic heterocycles. The molecule has 0 saturated carbocycles. The van der Waals surface area contributed by atoms with Crippen LogP contribution in [0, 0.1) is 0 Å². The van der Waals surface area contributed by atoms with E-state index >= 15 is 0 Å².